The molecule has 136 valence electrons. The van der Waals surface area contributed by atoms with Crippen LogP contribution in [0.1, 0.15) is 22.5 Å². The molecule has 0 amide bonds. The molecule has 0 spiro atoms. The van der Waals surface area contributed by atoms with Crippen LogP contribution < -0.4 is 4.72 Å². The molecule has 3 rings (SSSR count). The Balaban J connectivity index is 2.04. The highest BCUT2D eigenvalue weighted by atomic mass is 32.2. The van der Waals surface area contributed by atoms with Crippen LogP contribution in [0.5, 0.6) is 0 Å². The summed E-state index contributed by atoms with van der Waals surface area (Å²) in [6, 6.07) is 11.4. The number of hydrogen-bond donors (Lipinski definition) is 1. The third-order valence-electron chi connectivity index (χ3n) is 3.80. The molecule has 1 N–H and O–H groups in total. The van der Waals surface area contributed by atoms with Gasteiger partial charge in [-0.3, -0.25) is 9.71 Å². The summed E-state index contributed by atoms with van der Waals surface area (Å²) in [5.41, 5.74) is 4.78. The van der Waals surface area contributed by atoms with Gasteiger partial charge in [0.25, 0.3) is 0 Å². The molecular formula is C20H18N4O2S. The van der Waals surface area contributed by atoms with Crippen LogP contribution in [0.25, 0.3) is 11.3 Å². The molecule has 0 atom stereocenters. The van der Waals surface area contributed by atoms with Crippen molar-refractivity contribution in [3.05, 3.63) is 71.4 Å². The highest BCUT2D eigenvalue weighted by molar-refractivity contribution is 7.92. The van der Waals surface area contributed by atoms with Crippen LogP contribution in [0.2, 0.25) is 0 Å². The summed E-state index contributed by atoms with van der Waals surface area (Å²) < 4.78 is 25.5. The second-order valence-corrected chi connectivity index (χ2v) is 7.78. The van der Waals surface area contributed by atoms with Crippen LogP contribution in [0.3, 0.4) is 0 Å². The van der Waals surface area contributed by atoms with Gasteiger partial charge in [-0.1, -0.05) is 42.2 Å². The van der Waals surface area contributed by atoms with Crippen molar-refractivity contribution in [3.63, 3.8) is 0 Å². The maximum absolute atomic E-state index is 11.5. The largest absolute Gasteiger partial charge is 0.282 e. The van der Waals surface area contributed by atoms with E-state index in [-0.39, 0.29) is 0 Å². The molecule has 3 aromatic rings. The van der Waals surface area contributed by atoms with Gasteiger partial charge in [-0.25, -0.2) is 18.4 Å². The minimum atomic E-state index is -3.39. The van der Waals surface area contributed by atoms with E-state index >= 15 is 0 Å². The summed E-state index contributed by atoms with van der Waals surface area (Å²) in [6.07, 6.45) is 4.23. The number of pyridine rings is 1. The van der Waals surface area contributed by atoms with E-state index in [9.17, 15) is 8.42 Å². The summed E-state index contributed by atoms with van der Waals surface area (Å²) in [6.45, 7) is 3.61. The summed E-state index contributed by atoms with van der Waals surface area (Å²) in [5, 5.41) is 0. The van der Waals surface area contributed by atoms with E-state index in [2.05, 4.69) is 31.5 Å². The Morgan fingerprint density at radius 1 is 0.963 bits per heavy atom. The molecule has 0 aliphatic carbocycles. The van der Waals surface area contributed by atoms with E-state index in [1.165, 1.54) is 6.33 Å². The molecule has 0 unspecified atom stereocenters. The molecule has 0 saturated carbocycles. The molecule has 0 saturated heterocycles. The van der Waals surface area contributed by atoms with E-state index < -0.39 is 10.0 Å². The highest BCUT2D eigenvalue weighted by Gasteiger charge is 2.09. The van der Waals surface area contributed by atoms with E-state index in [1.54, 1.807) is 19.2 Å². The number of hydrogen-bond acceptors (Lipinski definition) is 5. The molecule has 2 heterocycles. The second-order valence-electron chi connectivity index (χ2n) is 6.03. The lowest BCUT2D eigenvalue weighted by atomic mass is 10.0. The molecule has 0 radical (unpaired) electrons. The number of nitrogens with zero attached hydrogens (tertiary/aromatic N) is 3. The van der Waals surface area contributed by atoms with Gasteiger partial charge in [-0.2, -0.15) is 0 Å². The van der Waals surface area contributed by atoms with E-state index in [0.717, 1.165) is 28.8 Å². The molecule has 0 fully saturated rings. The molecule has 27 heavy (non-hydrogen) atoms. The Bertz CT molecular complexity index is 1150. The monoisotopic (exact) mass is 378 g/mol. The molecule has 0 aliphatic heterocycles. The smallest absolute Gasteiger partial charge is 0.229 e. The van der Waals surface area contributed by atoms with Crippen LogP contribution >= 0.6 is 0 Å². The molecular weight excluding hydrogens is 360 g/mol. The van der Waals surface area contributed by atoms with Crippen molar-refractivity contribution >= 4 is 15.7 Å². The van der Waals surface area contributed by atoms with Crippen molar-refractivity contribution in [2.75, 3.05) is 11.0 Å². The van der Waals surface area contributed by atoms with Crippen molar-refractivity contribution in [2.45, 2.75) is 13.8 Å². The Morgan fingerprint density at radius 3 is 2.41 bits per heavy atom. The minimum absolute atomic E-state index is 0.411. The van der Waals surface area contributed by atoms with Crippen molar-refractivity contribution in [1.29, 1.82) is 0 Å². The third kappa shape index (κ3) is 4.68. The highest BCUT2D eigenvalue weighted by Crippen LogP contribution is 2.22. The van der Waals surface area contributed by atoms with Crippen LogP contribution in [0.4, 0.5) is 5.69 Å². The number of nitrogens with one attached hydrogen (secondary N) is 1. The number of benzene rings is 1. The molecule has 1 aromatic carbocycles. The van der Waals surface area contributed by atoms with Crippen molar-refractivity contribution in [3.8, 4) is 23.1 Å². The number of sulfonamides is 1. The van der Waals surface area contributed by atoms with E-state index in [1.807, 2.05) is 37.3 Å². The van der Waals surface area contributed by atoms with Gasteiger partial charge in [0, 0.05) is 17.3 Å². The van der Waals surface area contributed by atoms with Gasteiger partial charge < -0.3 is 0 Å². The predicted octanol–water partition coefficient (Wildman–Crippen LogP) is 2.93. The molecule has 0 bridgehead atoms. The number of rotatable bonds is 3. The number of aryl methyl sites for hydroxylation is 2. The Labute approximate surface area is 158 Å². The average molecular weight is 378 g/mol. The fraction of sp³-hybridized carbons (Fsp3) is 0.150. The lowest BCUT2D eigenvalue weighted by Gasteiger charge is -2.07. The molecule has 0 aliphatic rings. The average Bonchev–Trinajstić information content (AvgIpc) is 2.62. The topological polar surface area (TPSA) is 84.8 Å². The van der Waals surface area contributed by atoms with Gasteiger partial charge >= 0.3 is 0 Å². The lowest BCUT2D eigenvalue weighted by Crippen LogP contribution is -2.11. The molecule has 6 nitrogen and oxygen atoms in total. The second kappa shape index (κ2) is 7.56. The van der Waals surface area contributed by atoms with Crippen molar-refractivity contribution < 1.29 is 8.42 Å². The van der Waals surface area contributed by atoms with Gasteiger partial charge in [0.05, 0.1) is 34.6 Å². The fourth-order valence-corrected chi connectivity index (χ4v) is 3.08. The number of aromatic nitrogens is 3. The Morgan fingerprint density at radius 2 is 1.70 bits per heavy atom. The first kappa shape index (κ1) is 18.5. The first-order chi connectivity index (χ1) is 12.8. The van der Waals surface area contributed by atoms with Crippen LogP contribution in [-0.4, -0.2) is 29.6 Å². The van der Waals surface area contributed by atoms with Gasteiger partial charge in [0.15, 0.2) is 0 Å². The maximum Gasteiger partial charge on any atom is 0.229 e. The van der Waals surface area contributed by atoms with Crippen molar-refractivity contribution in [1.82, 2.24) is 15.0 Å². The maximum atomic E-state index is 11.5. The Hall–Kier alpha value is -3.24. The van der Waals surface area contributed by atoms with Crippen LogP contribution in [-0.2, 0) is 10.0 Å². The minimum Gasteiger partial charge on any atom is -0.282 e. The lowest BCUT2D eigenvalue weighted by molar-refractivity contribution is 0.606. The Kier molecular flexibility index (Phi) is 5.19. The van der Waals surface area contributed by atoms with E-state index in [0.29, 0.717) is 16.9 Å². The zero-order chi connectivity index (χ0) is 19.4. The zero-order valence-corrected chi connectivity index (χ0v) is 16.0. The van der Waals surface area contributed by atoms with Gasteiger partial charge in [-0.15, -0.1) is 0 Å². The first-order valence-corrected chi connectivity index (χ1v) is 10.1. The van der Waals surface area contributed by atoms with Crippen LogP contribution in [0, 0.1) is 25.7 Å². The molecule has 2 aromatic heterocycles. The van der Waals surface area contributed by atoms with Crippen LogP contribution in [0.15, 0.2) is 48.9 Å². The standard InChI is InChI=1S/C20H18N4O2S/c1-14-18(20(23-13-22-14)17-7-5-4-6-8-17)10-9-16-11-19(15(2)21-12-16)24-27(3,25)26/h4-8,11-13,24H,1-3H3. The zero-order valence-electron chi connectivity index (χ0n) is 15.2. The van der Waals surface area contributed by atoms with Gasteiger partial charge in [0.2, 0.25) is 10.0 Å². The van der Waals surface area contributed by atoms with Gasteiger partial charge in [0.1, 0.15) is 6.33 Å². The summed E-state index contributed by atoms with van der Waals surface area (Å²) >= 11 is 0. The summed E-state index contributed by atoms with van der Waals surface area (Å²) in [4.78, 5) is 12.8. The predicted molar refractivity (Wildman–Crippen MR) is 106 cm³/mol. The SMILES string of the molecule is Cc1ncc(C#Cc2c(C)ncnc2-c2ccccc2)cc1NS(C)(=O)=O. The summed E-state index contributed by atoms with van der Waals surface area (Å²) in [5.74, 6) is 6.15. The summed E-state index contributed by atoms with van der Waals surface area (Å²) in [7, 11) is -3.39. The first-order valence-electron chi connectivity index (χ1n) is 8.17. The van der Waals surface area contributed by atoms with Crippen molar-refractivity contribution in [2.24, 2.45) is 0 Å². The molecule has 7 heteroatoms. The van der Waals surface area contributed by atoms with E-state index in [4.69, 9.17) is 0 Å². The van der Waals surface area contributed by atoms with Gasteiger partial charge in [-0.05, 0) is 19.9 Å². The fourth-order valence-electron chi connectivity index (χ4n) is 2.48. The third-order valence-corrected chi connectivity index (χ3v) is 4.39. The normalized spacial score (nSPS) is 10.8. The number of anilines is 1. The quantitative estimate of drug-likeness (QED) is 0.709.